The average Bonchev–Trinajstić information content (AvgIpc) is 3.01. The molecule has 20 heavy (non-hydrogen) atoms. The molecule has 1 aliphatic rings. The first-order valence-corrected chi connectivity index (χ1v) is 7.39. The van der Waals surface area contributed by atoms with Gasteiger partial charge in [0, 0.05) is 24.2 Å². The molecule has 3 unspecified atom stereocenters. The van der Waals surface area contributed by atoms with Gasteiger partial charge in [0.25, 0.3) is 0 Å². The fourth-order valence-corrected chi connectivity index (χ4v) is 2.55. The molecule has 2 aromatic rings. The Morgan fingerprint density at radius 1 is 1.35 bits per heavy atom. The Morgan fingerprint density at radius 2 is 2.15 bits per heavy atom. The lowest BCUT2D eigenvalue weighted by Crippen LogP contribution is -2.02. The first-order valence-electron chi connectivity index (χ1n) is 7.39. The second-order valence-corrected chi connectivity index (χ2v) is 5.79. The van der Waals surface area contributed by atoms with Crippen molar-refractivity contribution in [1.82, 2.24) is 4.98 Å². The molecule has 0 spiro atoms. The SMILES string of the molecule is CCc1ccc(CC(O)c2ccc(C3CC3C)o2)nc1. The predicted molar refractivity (Wildman–Crippen MR) is 77.5 cm³/mol. The lowest BCUT2D eigenvalue weighted by molar-refractivity contribution is 0.147. The van der Waals surface area contributed by atoms with Gasteiger partial charge in [0.15, 0.2) is 0 Å². The highest BCUT2D eigenvalue weighted by Crippen LogP contribution is 2.47. The van der Waals surface area contributed by atoms with Crippen LogP contribution in [-0.2, 0) is 12.8 Å². The van der Waals surface area contributed by atoms with E-state index in [0.29, 0.717) is 18.1 Å². The van der Waals surface area contributed by atoms with E-state index in [4.69, 9.17) is 4.42 Å². The fourth-order valence-electron chi connectivity index (χ4n) is 2.55. The quantitative estimate of drug-likeness (QED) is 0.903. The molecule has 0 aliphatic heterocycles. The van der Waals surface area contributed by atoms with Crippen LogP contribution in [0.2, 0.25) is 0 Å². The minimum atomic E-state index is -0.613. The lowest BCUT2D eigenvalue weighted by atomic mass is 10.1. The van der Waals surface area contributed by atoms with E-state index >= 15 is 0 Å². The second kappa shape index (κ2) is 5.41. The van der Waals surface area contributed by atoms with Crippen molar-refractivity contribution >= 4 is 0 Å². The number of aryl methyl sites for hydroxylation is 1. The molecule has 1 fully saturated rings. The van der Waals surface area contributed by atoms with E-state index in [9.17, 15) is 5.11 Å². The van der Waals surface area contributed by atoms with Crippen LogP contribution in [0.4, 0.5) is 0 Å². The number of rotatable bonds is 5. The highest BCUT2D eigenvalue weighted by atomic mass is 16.4. The number of hydrogen-bond acceptors (Lipinski definition) is 3. The summed E-state index contributed by atoms with van der Waals surface area (Å²) in [6, 6.07) is 7.94. The van der Waals surface area contributed by atoms with Crippen LogP contribution in [0.5, 0.6) is 0 Å². The number of aliphatic hydroxyl groups excluding tert-OH is 1. The summed E-state index contributed by atoms with van der Waals surface area (Å²) in [5.74, 6) is 2.94. The van der Waals surface area contributed by atoms with Crippen LogP contribution in [-0.4, -0.2) is 10.1 Å². The van der Waals surface area contributed by atoms with Crippen molar-refractivity contribution in [3.05, 3.63) is 53.2 Å². The molecule has 3 atom stereocenters. The van der Waals surface area contributed by atoms with Gasteiger partial charge in [0.2, 0.25) is 0 Å². The number of pyridine rings is 1. The van der Waals surface area contributed by atoms with Crippen molar-refractivity contribution in [1.29, 1.82) is 0 Å². The number of nitrogens with zero attached hydrogens (tertiary/aromatic N) is 1. The average molecular weight is 271 g/mol. The Bertz CT molecular complexity index is 573. The number of furan rings is 1. The maximum atomic E-state index is 10.2. The summed E-state index contributed by atoms with van der Waals surface area (Å²) in [5, 5.41) is 10.2. The molecular formula is C17H21NO2. The Morgan fingerprint density at radius 3 is 2.75 bits per heavy atom. The monoisotopic (exact) mass is 271 g/mol. The zero-order valence-electron chi connectivity index (χ0n) is 12.0. The molecule has 106 valence electrons. The first-order chi connectivity index (χ1) is 9.67. The fraction of sp³-hybridized carbons (Fsp3) is 0.471. The van der Waals surface area contributed by atoms with E-state index in [2.05, 4.69) is 24.9 Å². The first kappa shape index (κ1) is 13.4. The van der Waals surface area contributed by atoms with Gasteiger partial charge in [0.05, 0.1) is 0 Å². The Hall–Kier alpha value is -1.61. The third-order valence-corrected chi connectivity index (χ3v) is 4.15. The standard InChI is InChI=1S/C17H21NO2/c1-3-12-4-5-13(18-10-12)9-15(19)17-7-6-16(20-17)14-8-11(14)2/h4-7,10-11,14-15,19H,3,8-9H2,1-2H3. The minimum absolute atomic E-state index is 0.497. The van der Waals surface area contributed by atoms with Gasteiger partial charge in [-0.05, 0) is 42.5 Å². The molecular weight excluding hydrogens is 250 g/mol. The Kier molecular flexibility index (Phi) is 3.62. The largest absolute Gasteiger partial charge is 0.463 e. The number of aliphatic hydroxyl groups is 1. The summed E-state index contributed by atoms with van der Waals surface area (Å²) in [5.41, 5.74) is 2.11. The van der Waals surface area contributed by atoms with Gasteiger partial charge in [-0.25, -0.2) is 0 Å². The van der Waals surface area contributed by atoms with Crippen molar-refractivity contribution in [2.24, 2.45) is 5.92 Å². The van der Waals surface area contributed by atoms with E-state index in [0.717, 1.165) is 23.8 Å². The Balaban J connectivity index is 1.65. The maximum absolute atomic E-state index is 10.2. The van der Waals surface area contributed by atoms with Gasteiger partial charge < -0.3 is 9.52 Å². The summed E-state index contributed by atoms with van der Waals surface area (Å²) in [6.07, 6.45) is 3.94. The van der Waals surface area contributed by atoms with Crippen LogP contribution in [0.15, 0.2) is 34.9 Å². The van der Waals surface area contributed by atoms with E-state index < -0.39 is 6.10 Å². The van der Waals surface area contributed by atoms with Crippen LogP contribution in [0.3, 0.4) is 0 Å². The van der Waals surface area contributed by atoms with Crippen molar-refractivity contribution in [2.75, 3.05) is 0 Å². The van der Waals surface area contributed by atoms with Crippen LogP contribution in [0, 0.1) is 5.92 Å². The summed E-state index contributed by atoms with van der Waals surface area (Å²) in [6.45, 7) is 4.33. The number of aromatic nitrogens is 1. The van der Waals surface area contributed by atoms with Crippen molar-refractivity contribution < 1.29 is 9.52 Å². The van der Waals surface area contributed by atoms with Crippen molar-refractivity contribution in [3.63, 3.8) is 0 Å². The predicted octanol–water partition coefficient (Wildman–Crippen LogP) is 3.64. The lowest BCUT2D eigenvalue weighted by Gasteiger charge is -2.07. The molecule has 0 saturated heterocycles. The normalized spacial score (nSPS) is 22.8. The van der Waals surface area contributed by atoms with E-state index in [1.807, 2.05) is 24.4 Å². The molecule has 2 heterocycles. The smallest absolute Gasteiger partial charge is 0.133 e. The summed E-state index contributed by atoms with van der Waals surface area (Å²) < 4.78 is 5.78. The summed E-state index contributed by atoms with van der Waals surface area (Å²) in [4.78, 5) is 4.38. The van der Waals surface area contributed by atoms with Gasteiger partial charge in [0.1, 0.15) is 17.6 Å². The molecule has 2 aromatic heterocycles. The summed E-state index contributed by atoms with van der Waals surface area (Å²) in [7, 11) is 0. The highest BCUT2D eigenvalue weighted by Gasteiger charge is 2.36. The molecule has 3 nitrogen and oxygen atoms in total. The van der Waals surface area contributed by atoms with Crippen molar-refractivity contribution in [3.8, 4) is 0 Å². The van der Waals surface area contributed by atoms with Crippen LogP contribution >= 0.6 is 0 Å². The highest BCUT2D eigenvalue weighted by molar-refractivity contribution is 5.20. The van der Waals surface area contributed by atoms with Crippen LogP contribution in [0.1, 0.15) is 55.1 Å². The molecule has 0 amide bonds. The van der Waals surface area contributed by atoms with Gasteiger partial charge in [-0.1, -0.05) is 19.9 Å². The van der Waals surface area contributed by atoms with Gasteiger partial charge >= 0.3 is 0 Å². The third kappa shape index (κ3) is 2.78. The van der Waals surface area contributed by atoms with Crippen molar-refractivity contribution in [2.45, 2.75) is 45.1 Å². The molecule has 1 aliphatic carbocycles. The third-order valence-electron chi connectivity index (χ3n) is 4.15. The van der Waals surface area contributed by atoms with Crippen LogP contribution in [0.25, 0.3) is 0 Å². The Labute approximate surface area is 119 Å². The van der Waals surface area contributed by atoms with Crippen LogP contribution < -0.4 is 0 Å². The van der Waals surface area contributed by atoms with E-state index in [-0.39, 0.29) is 0 Å². The molecule has 1 saturated carbocycles. The molecule has 0 bridgehead atoms. The van der Waals surface area contributed by atoms with Gasteiger partial charge in [-0.15, -0.1) is 0 Å². The number of hydrogen-bond donors (Lipinski definition) is 1. The molecule has 3 heteroatoms. The van der Waals surface area contributed by atoms with Gasteiger partial charge in [-0.3, -0.25) is 4.98 Å². The maximum Gasteiger partial charge on any atom is 0.133 e. The topological polar surface area (TPSA) is 46.3 Å². The zero-order valence-corrected chi connectivity index (χ0v) is 12.0. The molecule has 3 rings (SSSR count). The van der Waals surface area contributed by atoms with E-state index in [1.165, 1.54) is 12.0 Å². The molecule has 1 N–H and O–H groups in total. The van der Waals surface area contributed by atoms with Gasteiger partial charge in [-0.2, -0.15) is 0 Å². The second-order valence-electron chi connectivity index (χ2n) is 5.79. The summed E-state index contributed by atoms with van der Waals surface area (Å²) >= 11 is 0. The van der Waals surface area contributed by atoms with E-state index in [1.54, 1.807) is 0 Å². The molecule has 0 aromatic carbocycles. The zero-order chi connectivity index (χ0) is 14.1. The minimum Gasteiger partial charge on any atom is -0.463 e. The molecule has 0 radical (unpaired) electrons.